The first-order valence-corrected chi connectivity index (χ1v) is 4.30. The molecular formula is C6H14OS. The Balaban J connectivity index is 2.86. The maximum atomic E-state index is 8.55. The summed E-state index contributed by atoms with van der Waals surface area (Å²) in [5, 5.41) is 8.55. The Morgan fingerprint density at radius 3 is 2.62 bits per heavy atom. The van der Waals surface area contributed by atoms with Crippen LogP contribution in [0.2, 0.25) is 0 Å². The average Bonchev–Trinajstić information content (AvgIpc) is 1.83. The molecule has 8 heavy (non-hydrogen) atoms. The molecule has 0 aromatic carbocycles. The lowest BCUT2D eigenvalue weighted by molar-refractivity contribution is 0.235. The van der Waals surface area contributed by atoms with Crippen molar-refractivity contribution in [1.29, 1.82) is 0 Å². The van der Waals surface area contributed by atoms with Gasteiger partial charge in [-0.1, -0.05) is 6.92 Å². The molecule has 0 rings (SSSR count). The van der Waals surface area contributed by atoms with Gasteiger partial charge in [0, 0.05) is 6.61 Å². The maximum absolute atomic E-state index is 8.55. The van der Waals surface area contributed by atoms with Gasteiger partial charge in [0.05, 0.1) is 0 Å². The van der Waals surface area contributed by atoms with Crippen LogP contribution in [0.4, 0.5) is 0 Å². The Morgan fingerprint density at radius 2 is 2.25 bits per heavy atom. The molecule has 1 nitrogen and oxygen atoms in total. The van der Waals surface area contributed by atoms with Crippen molar-refractivity contribution >= 4 is 11.8 Å². The lowest BCUT2D eigenvalue weighted by Gasteiger charge is -2.03. The van der Waals surface area contributed by atoms with Gasteiger partial charge in [0.15, 0.2) is 0 Å². The zero-order valence-corrected chi connectivity index (χ0v) is 6.37. The van der Waals surface area contributed by atoms with Crippen molar-refractivity contribution in [1.82, 2.24) is 0 Å². The van der Waals surface area contributed by atoms with E-state index in [0.29, 0.717) is 12.5 Å². The number of aliphatic hydroxyl groups excluding tert-OH is 1. The van der Waals surface area contributed by atoms with Gasteiger partial charge < -0.3 is 5.11 Å². The molecular weight excluding hydrogens is 120 g/mol. The van der Waals surface area contributed by atoms with Gasteiger partial charge in [-0.05, 0) is 24.3 Å². The largest absolute Gasteiger partial charge is 0.396 e. The van der Waals surface area contributed by atoms with Crippen molar-refractivity contribution in [2.24, 2.45) is 5.92 Å². The fourth-order valence-electron chi connectivity index (χ4n) is 0.410. The van der Waals surface area contributed by atoms with Crippen molar-refractivity contribution in [3.63, 3.8) is 0 Å². The second-order valence-corrected chi connectivity index (χ2v) is 3.05. The molecule has 1 N–H and O–H groups in total. The second-order valence-electron chi connectivity index (χ2n) is 2.07. The quantitative estimate of drug-likeness (QED) is 0.626. The number of hydrogen-bond acceptors (Lipinski definition) is 2. The first kappa shape index (κ1) is 8.31. The standard InChI is InChI=1S/C6H14OS/c1-6(5-7)3-4-8-2/h6-7H,3-5H2,1-2H3/t6-/m1/s1. The predicted octanol–water partition coefficient (Wildman–Crippen LogP) is 1.37. The molecule has 0 heterocycles. The molecule has 0 aliphatic carbocycles. The Morgan fingerprint density at radius 1 is 1.62 bits per heavy atom. The van der Waals surface area contributed by atoms with Crippen LogP contribution in [0.15, 0.2) is 0 Å². The summed E-state index contributed by atoms with van der Waals surface area (Å²) in [4.78, 5) is 0. The third kappa shape index (κ3) is 4.47. The molecule has 0 saturated heterocycles. The van der Waals surface area contributed by atoms with Gasteiger partial charge in [0.25, 0.3) is 0 Å². The first-order valence-electron chi connectivity index (χ1n) is 2.91. The molecule has 1 atom stereocenters. The van der Waals surface area contributed by atoms with E-state index >= 15 is 0 Å². The summed E-state index contributed by atoms with van der Waals surface area (Å²) in [6.45, 7) is 2.40. The summed E-state index contributed by atoms with van der Waals surface area (Å²) in [6.07, 6.45) is 3.22. The van der Waals surface area contributed by atoms with Gasteiger partial charge in [0.2, 0.25) is 0 Å². The third-order valence-electron chi connectivity index (χ3n) is 1.13. The molecule has 0 aliphatic rings. The Kier molecular flexibility index (Phi) is 5.66. The van der Waals surface area contributed by atoms with E-state index in [-0.39, 0.29) is 0 Å². The van der Waals surface area contributed by atoms with Crippen molar-refractivity contribution in [2.45, 2.75) is 13.3 Å². The summed E-state index contributed by atoms with van der Waals surface area (Å²) in [5.74, 6) is 1.66. The second kappa shape index (κ2) is 5.45. The van der Waals surface area contributed by atoms with Crippen LogP contribution < -0.4 is 0 Å². The number of hydrogen-bond donors (Lipinski definition) is 1. The van der Waals surface area contributed by atoms with Crippen molar-refractivity contribution < 1.29 is 5.11 Å². The molecule has 0 aliphatic heterocycles. The molecule has 0 saturated carbocycles. The summed E-state index contributed by atoms with van der Waals surface area (Å²) < 4.78 is 0. The van der Waals surface area contributed by atoms with E-state index in [4.69, 9.17) is 5.11 Å². The minimum Gasteiger partial charge on any atom is -0.396 e. The number of thioether (sulfide) groups is 1. The highest BCUT2D eigenvalue weighted by Gasteiger charge is 1.96. The number of aliphatic hydroxyl groups is 1. The lowest BCUT2D eigenvalue weighted by Crippen LogP contribution is -2.00. The molecule has 2 heteroatoms. The molecule has 0 aromatic heterocycles. The van der Waals surface area contributed by atoms with Gasteiger partial charge in [-0.25, -0.2) is 0 Å². The molecule has 0 amide bonds. The molecule has 0 radical (unpaired) electrons. The fraction of sp³-hybridized carbons (Fsp3) is 1.00. The molecule has 0 fully saturated rings. The van der Waals surface area contributed by atoms with Crippen LogP contribution in [-0.2, 0) is 0 Å². The fourth-order valence-corrected chi connectivity index (χ4v) is 1.05. The SMILES string of the molecule is CSCC[C@@H](C)CO. The monoisotopic (exact) mass is 134 g/mol. The van der Waals surface area contributed by atoms with Crippen LogP contribution in [0, 0.1) is 5.92 Å². The number of rotatable bonds is 4. The third-order valence-corrected chi connectivity index (χ3v) is 1.77. The van der Waals surface area contributed by atoms with E-state index in [1.54, 1.807) is 0 Å². The highest BCUT2D eigenvalue weighted by atomic mass is 32.2. The molecule has 0 unspecified atom stereocenters. The normalized spacial score (nSPS) is 13.9. The van der Waals surface area contributed by atoms with Crippen LogP contribution in [0.5, 0.6) is 0 Å². The molecule has 0 spiro atoms. The smallest absolute Gasteiger partial charge is 0.0456 e. The topological polar surface area (TPSA) is 20.2 Å². The van der Waals surface area contributed by atoms with Gasteiger partial charge in [-0.2, -0.15) is 11.8 Å². The van der Waals surface area contributed by atoms with E-state index in [1.165, 1.54) is 5.75 Å². The Bertz CT molecular complexity index is 47.8. The highest BCUT2D eigenvalue weighted by molar-refractivity contribution is 7.98. The van der Waals surface area contributed by atoms with Gasteiger partial charge in [-0.15, -0.1) is 0 Å². The zero-order valence-electron chi connectivity index (χ0n) is 5.55. The van der Waals surface area contributed by atoms with Crippen LogP contribution >= 0.6 is 11.8 Å². The summed E-state index contributed by atoms with van der Waals surface area (Å²) in [7, 11) is 0. The molecule has 50 valence electrons. The predicted molar refractivity (Wildman–Crippen MR) is 39.2 cm³/mol. The van der Waals surface area contributed by atoms with Crippen LogP contribution in [-0.4, -0.2) is 23.7 Å². The minimum absolute atomic E-state index is 0.334. The summed E-state index contributed by atoms with van der Waals surface area (Å²) >= 11 is 1.83. The van der Waals surface area contributed by atoms with Crippen molar-refractivity contribution in [3.8, 4) is 0 Å². The van der Waals surface area contributed by atoms with Crippen molar-refractivity contribution in [2.75, 3.05) is 18.6 Å². The summed E-state index contributed by atoms with van der Waals surface area (Å²) in [5.41, 5.74) is 0. The Labute approximate surface area is 55.5 Å². The lowest BCUT2D eigenvalue weighted by atomic mass is 10.1. The van der Waals surface area contributed by atoms with Crippen LogP contribution in [0.25, 0.3) is 0 Å². The van der Waals surface area contributed by atoms with E-state index in [9.17, 15) is 0 Å². The van der Waals surface area contributed by atoms with Crippen molar-refractivity contribution in [3.05, 3.63) is 0 Å². The van der Waals surface area contributed by atoms with Crippen LogP contribution in [0.3, 0.4) is 0 Å². The highest BCUT2D eigenvalue weighted by Crippen LogP contribution is 2.04. The average molecular weight is 134 g/mol. The van der Waals surface area contributed by atoms with E-state index < -0.39 is 0 Å². The first-order chi connectivity index (χ1) is 3.81. The van der Waals surface area contributed by atoms with Gasteiger partial charge >= 0.3 is 0 Å². The van der Waals surface area contributed by atoms with Gasteiger partial charge in [0.1, 0.15) is 0 Å². The molecule has 0 aromatic rings. The minimum atomic E-state index is 0.334. The van der Waals surface area contributed by atoms with E-state index in [1.807, 2.05) is 11.8 Å². The zero-order chi connectivity index (χ0) is 6.41. The van der Waals surface area contributed by atoms with E-state index in [0.717, 1.165) is 6.42 Å². The summed E-state index contributed by atoms with van der Waals surface area (Å²) in [6, 6.07) is 0. The van der Waals surface area contributed by atoms with E-state index in [2.05, 4.69) is 13.2 Å². The Hall–Kier alpha value is 0.310. The maximum Gasteiger partial charge on any atom is 0.0456 e. The van der Waals surface area contributed by atoms with Crippen LogP contribution in [0.1, 0.15) is 13.3 Å². The molecule has 0 bridgehead atoms. The van der Waals surface area contributed by atoms with Gasteiger partial charge in [-0.3, -0.25) is 0 Å².